The Morgan fingerprint density at radius 2 is 1.78 bits per heavy atom. The SMILES string of the molecule is CCN(CC(=O)Nc1ccc(OC)cc1)CC(=O)N(C)C(C)C. The standard InChI is InChI=1S/C17H27N3O3/c1-6-20(12-17(22)19(4)13(2)3)11-16(21)18-14-7-9-15(23-5)10-8-14/h7-10,13H,6,11-12H2,1-5H3,(H,18,21). The lowest BCUT2D eigenvalue weighted by Crippen LogP contribution is -2.43. The van der Waals surface area contributed by atoms with Crippen molar-refractivity contribution >= 4 is 17.5 Å². The number of amides is 2. The van der Waals surface area contributed by atoms with Crippen LogP contribution in [-0.2, 0) is 9.59 Å². The molecule has 0 unspecified atom stereocenters. The Balaban J connectivity index is 2.53. The lowest BCUT2D eigenvalue weighted by atomic mass is 10.3. The van der Waals surface area contributed by atoms with Gasteiger partial charge in [0.1, 0.15) is 5.75 Å². The van der Waals surface area contributed by atoms with Crippen molar-refractivity contribution in [2.75, 3.05) is 39.1 Å². The first-order chi connectivity index (χ1) is 10.9. The number of likely N-dealkylation sites (N-methyl/N-ethyl adjacent to an activating group) is 2. The van der Waals surface area contributed by atoms with Crippen molar-refractivity contribution in [3.63, 3.8) is 0 Å². The Morgan fingerprint density at radius 3 is 2.26 bits per heavy atom. The average Bonchev–Trinajstić information content (AvgIpc) is 2.53. The first-order valence-corrected chi connectivity index (χ1v) is 7.79. The molecule has 0 bridgehead atoms. The molecule has 1 rings (SSSR count). The van der Waals surface area contributed by atoms with Crippen molar-refractivity contribution in [3.05, 3.63) is 24.3 Å². The first kappa shape index (κ1) is 19.0. The molecule has 23 heavy (non-hydrogen) atoms. The summed E-state index contributed by atoms with van der Waals surface area (Å²) in [4.78, 5) is 27.7. The second-order valence-corrected chi connectivity index (χ2v) is 5.68. The van der Waals surface area contributed by atoms with Crippen LogP contribution in [0.15, 0.2) is 24.3 Å². The van der Waals surface area contributed by atoms with E-state index in [1.165, 1.54) is 0 Å². The Morgan fingerprint density at radius 1 is 1.17 bits per heavy atom. The van der Waals surface area contributed by atoms with Gasteiger partial charge in [-0.1, -0.05) is 6.92 Å². The van der Waals surface area contributed by atoms with Crippen molar-refractivity contribution in [3.8, 4) is 5.75 Å². The molecule has 0 heterocycles. The van der Waals surface area contributed by atoms with Crippen LogP contribution in [0.3, 0.4) is 0 Å². The number of nitrogens with one attached hydrogen (secondary N) is 1. The van der Waals surface area contributed by atoms with E-state index in [2.05, 4.69) is 5.32 Å². The van der Waals surface area contributed by atoms with Crippen LogP contribution in [-0.4, -0.2) is 61.4 Å². The topological polar surface area (TPSA) is 61.9 Å². The summed E-state index contributed by atoms with van der Waals surface area (Å²) in [5, 5.41) is 2.82. The maximum absolute atomic E-state index is 12.1. The summed E-state index contributed by atoms with van der Waals surface area (Å²) in [7, 11) is 3.37. The van der Waals surface area contributed by atoms with Gasteiger partial charge in [0.2, 0.25) is 11.8 Å². The average molecular weight is 321 g/mol. The summed E-state index contributed by atoms with van der Waals surface area (Å²) in [6.45, 7) is 6.91. The molecule has 0 radical (unpaired) electrons. The molecule has 1 aromatic rings. The molecule has 0 aliphatic rings. The summed E-state index contributed by atoms with van der Waals surface area (Å²) < 4.78 is 5.08. The van der Waals surface area contributed by atoms with Gasteiger partial charge in [0, 0.05) is 18.8 Å². The third kappa shape index (κ3) is 6.28. The number of ether oxygens (including phenoxy) is 1. The molecule has 0 aliphatic carbocycles. The molecule has 128 valence electrons. The summed E-state index contributed by atoms with van der Waals surface area (Å²) in [5.41, 5.74) is 0.706. The van der Waals surface area contributed by atoms with Crippen molar-refractivity contribution in [2.45, 2.75) is 26.8 Å². The van der Waals surface area contributed by atoms with Crippen LogP contribution in [0.5, 0.6) is 5.75 Å². The number of carbonyl (C=O) groups excluding carboxylic acids is 2. The Bertz CT molecular complexity index is 514. The summed E-state index contributed by atoms with van der Waals surface area (Å²) in [5.74, 6) is 0.608. The fourth-order valence-corrected chi connectivity index (χ4v) is 1.95. The highest BCUT2D eigenvalue weighted by atomic mass is 16.5. The van der Waals surface area contributed by atoms with Crippen molar-refractivity contribution < 1.29 is 14.3 Å². The minimum absolute atomic E-state index is 0.0131. The van der Waals surface area contributed by atoms with Gasteiger partial charge in [-0.3, -0.25) is 14.5 Å². The number of nitrogens with zero attached hydrogens (tertiary/aromatic N) is 2. The molecule has 6 nitrogen and oxygen atoms in total. The minimum atomic E-state index is -0.142. The first-order valence-electron chi connectivity index (χ1n) is 7.79. The Hall–Kier alpha value is -2.08. The molecular weight excluding hydrogens is 294 g/mol. The Kier molecular flexibility index (Phi) is 7.54. The van der Waals surface area contributed by atoms with E-state index in [-0.39, 0.29) is 30.9 Å². The highest BCUT2D eigenvalue weighted by molar-refractivity contribution is 5.92. The van der Waals surface area contributed by atoms with E-state index < -0.39 is 0 Å². The van der Waals surface area contributed by atoms with Crippen molar-refractivity contribution in [1.29, 1.82) is 0 Å². The van der Waals surface area contributed by atoms with Gasteiger partial charge in [-0.25, -0.2) is 0 Å². The number of rotatable bonds is 8. The number of carbonyl (C=O) groups is 2. The molecule has 0 spiro atoms. The van der Waals surface area contributed by atoms with Crippen LogP contribution in [0, 0.1) is 0 Å². The zero-order chi connectivity index (χ0) is 17.4. The number of methoxy groups -OCH3 is 1. The largest absolute Gasteiger partial charge is 0.497 e. The van der Waals surface area contributed by atoms with E-state index in [4.69, 9.17) is 4.74 Å². The normalized spacial score (nSPS) is 10.7. The molecule has 0 atom stereocenters. The number of hydrogen-bond donors (Lipinski definition) is 1. The second kappa shape index (κ2) is 9.15. The molecule has 0 fully saturated rings. The number of anilines is 1. The minimum Gasteiger partial charge on any atom is -0.497 e. The fourth-order valence-electron chi connectivity index (χ4n) is 1.95. The van der Waals surface area contributed by atoms with Gasteiger partial charge < -0.3 is 15.0 Å². The Labute approximate surface area is 138 Å². The van der Waals surface area contributed by atoms with Crippen LogP contribution in [0.25, 0.3) is 0 Å². The van der Waals surface area contributed by atoms with E-state index in [0.717, 1.165) is 5.75 Å². The van der Waals surface area contributed by atoms with E-state index >= 15 is 0 Å². The maximum atomic E-state index is 12.1. The van der Waals surface area contributed by atoms with Crippen LogP contribution >= 0.6 is 0 Å². The van der Waals surface area contributed by atoms with Crippen molar-refractivity contribution in [2.24, 2.45) is 0 Å². The molecule has 1 aromatic carbocycles. The third-order valence-electron chi connectivity index (χ3n) is 3.72. The zero-order valence-electron chi connectivity index (χ0n) is 14.6. The quantitative estimate of drug-likeness (QED) is 0.793. The lowest BCUT2D eigenvalue weighted by molar-refractivity contribution is -0.132. The highest BCUT2D eigenvalue weighted by Crippen LogP contribution is 2.14. The van der Waals surface area contributed by atoms with Gasteiger partial charge in [0.05, 0.1) is 20.2 Å². The highest BCUT2D eigenvalue weighted by Gasteiger charge is 2.17. The van der Waals surface area contributed by atoms with Gasteiger partial charge >= 0.3 is 0 Å². The second-order valence-electron chi connectivity index (χ2n) is 5.68. The smallest absolute Gasteiger partial charge is 0.238 e. The lowest BCUT2D eigenvalue weighted by Gasteiger charge is -2.26. The molecule has 6 heteroatoms. The van der Waals surface area contributed by atoms with E-state index in [9.17, 15) is 9.59 Å². The zero-order valence-corrected chi connectivity index (χ0v) is 14.6. The molecule has 0 aliphatic heterocycles. The number of hydrogen-bond acceptors (Lipinski definition) is 4. The van der Waals surface area contributed by atoms with Gasteiger partial charge in [-0.15, -0.1) is 0 Å². The van der Waals surface area contributed by atoms with E-state index in [1.54, 1.807) is 43.3 Å². The molecule has 0 saturated carbocycles. The summed E-state index contributed by atoms with van der Waals surface area (Å²) in [6, 6.07) is 7.28. The summed E-state index contributed by atoms with van der Waals surface area (Å²) >= 11 is 0. The maximum Gasteiger partial charge on any atom is 0.238 e. The van der Waals surface area contributed by atoms with Crippen LogP contribution in [0.2, 0.25) is 0 Å². The molecule has 2 amide bonds. The van der Waals surface area contributed by atoms with Crippen LogP contribution in [0.4, 0.5) is 5.69 Å². The third-order valence-corrected chi connectivity index (χ3v) is 3.72. The van der Waals surface area contributed by atoms with Crippen LogP contribution in [0.1, 0.15) is 20.8 Å². The van der Waals surface area contributed by atoms with E-state index in [0.29, 0.717) is 12.2 Å². The molecule has 1 N–H and O–H groups in total. The number of benzene rings is 1. The van der Waals surface area contributed by atoms with E-state index in [1.807, 2.05) is 25.7 Å². The molecule has 0 saturated heterocycles. The molecular formula is C17H27N3O3. The molecule has 0 aromatic heterocycles. The van der Waals surface area contributed by atoms with Gasteiger partial charge in [-0.2, -0.15) is 0 Å². The van der Waals surface area contributed by atoms with Gasteiger partial charge in [0.15, 0.2) is 0 Å². The van der Waals surface area contributed by atoms with Gasteiger partial charge in [0.25, 0.3) is 0 Å². The van der Waals surface area contributed by atoms with Crippen molar-refractivity contribution in [1.82, 2.24) is 9.80 Å². The van der Waals surface area contributed by atoms with Crippen LogP contribution < -0.4 is 10.1 Å². The summed E-state index contributed by atoms with van der Waals surface area (Å²) in [6.07, 6.45) is 0. The predicted octanol–water partition coefficient (Wildman–Crippen LogP) is 1.82. The fraction of sp³-hybridized carbons (Fsp3) is 0.529. The van der Waals surface area contributed by atoms with Gasteiger partial charge in [-0.05, 0) is 44.7 Å². The predicted molar refractivity (Wildman–Crippen MR) is 91.6 cm³/mol. The monoisotopic (exact) mass is 321 g/mol.